The third-order valence-corrected chi connectivity index (χ3v) is 4.08. The smallest absolute Gasteiger partial charge is 0.249 e. The highest BCUT2D eigenvalue weighted by Gasteiger charge is 2.17. The Morgan fingerprint density at radius 1 is 1.00 bits per heavy atom. The molecular weight excluding hydrogens is 338 g/mol. The Hall–Kier alpha value is -3.28. The first-order chi connectivity index (χ1) is 12.8. The van der Waals surface area contributed by atoms with Gasteiger partial charge in [0.05, 0.1) is 6.20 Å². The zero-order valence-corrected chi connectivity index (χ0v) is 15.9. The minimum absolute atomic E-state index is 0.00172. The first-order valence-corrected chi connectivity index (χ1v) is 8.77. The van der Waals surface area contributed by atoms with Crippen LogP contribution in [0.4, 0.5) is 23.1 Å². The highest BCUT2D eigenvalue weighted by atomic mass is 16.1. The second-order valence-electron chi connectivity index (χ2n) is 7.35. The van der Waals surface area contributed by atoms with Crippen molar-refractivity contribution in [1.29, 1.82) is 0 Å². The van der Waals surface area contributed by atoms with Gasteiger partial charge in [-0.3, -0.25) is 4.79 Å². The summed E-state index contributed by atoms with van der Waals surface area (Å²) in [7, 11) is 0. The molecule has 0 bridgehead atoms. The van der Waals surface area contributed by atoms with E-state index in [1.165, 1.54) is 12.5 Å². The SMILES string of the molecule is CC(=O)c1cccc(Nc2nncc(Nc3ccccc3C(C)(C)C)n2)c1. The first kappa shape index (κ1) is 18.5. The van der Waals surface area contributed by atoms with Crippen LogP contribution in [0.25, 0.3) is 0 Å². The summed E-state index contributed by atoms with van der Waals surface area (Å²) in [4.78, 5) is 16.0. The molecule has 0 aliphatic rings. The summed E-state index contributed by atoms with van der Waals surface area (Å²) in [6.07, 6.45) is 1.58. The van der Waals surface area contributed by atoms with Crippen molar-refractivity contribution >= 4 is 28.9 Å². The summed E-state index contributed by atoms with van der Waals surface area (Å²) in [6, 6.07) is 15.3. The highest BCUT2D eigenvalue weighted by molar-refractivity contribution is 5.95. The number of anilines is 4. The Labute approximate surface area is 159 Å². The standard InChI is InChI=1S/C21H23N5O/c1-14(27)15-8-7-9-16(12-15)23-20-25-19(13-22-26-20)24-18-11-6-5-10-17(18)21(2,3)4/h5-13H,1-4H3,(H2,23,24,25,26). The van der Waals surface area contributed by atoms with Crippen molar-refractivity contribution in [3.05, 3.63) is 65.9 Å². The molecule has 6 nitrogen and oxygen atoms in total. The van der Waals surface area contributed by atoms with Gasteiger partial charge >= 0.3 is 0 Å². The molecule has 6 heteroatoms. The van der Waals surface area contributed by atoms with E-state index < -0.39 is 0 Å². The number of carbonyl (C=O) groups is 1. The van der Waals surface area contributed by atoms with Crippen molar-refractivity contribution in [2.75, 3.05) is 10.6 Å². The summed E-state index contributed by atoms with van der Waals surface area (Å²) in [6.45, 7) is 8.04. The lowest BCUT2D eigenvalue weighted by molar-refractivity contribution is 0.101. The lowest BCUT2D eigenvalue weighted by Gasteiger charge is -2.23. The van der Waals surface area contributed by atoms with Crippen LogP contribution in [0.5, 0.6) is 0 Å². The van der Waals surface area contributed by atoms with E-state index in [1.807, 2.05) is 30.3 Å². The molecule has 0 unspecified atom stereocenters. The molecule has 3 rings (SSSR count). The predicted molar refractivity (Wildman–Crippen MR) is 108 cm³/mol. The minimum Gasteiger partial charge on any atom is -0.339 e. The zero-order valence-electron chi connectivity index (χ0n) is 15.9. The number of nitrogens with one attached hydrogen (secondary N) is 2. The van der Waals surface area contributed by atoms with E-state index in [9.17, 15) is 4.79 Å². The number of nitrogens with zero attached hydrogens (tertiary/aromatic N) is 3. The fraction of sp³-hybridized carbons (Fsp3) is 0.238. The topological polar surface area (TPSA) is 79.8 Å². The lowest BCUT2D eigenvalue weighted by atomic mass is 9.86. The molecule has 2 aromatic carbocycles. The molecule has 3 aromatic rings. The maximum Gasteiger partial charge on any atom is 0.249 e. The number of carbonyl (C=O) groups excluding carboxylic acids is 1. The molecule has 0 saturated heterocycles. The van der Waals surface area contributed by atoms with Gasteiger partial charge in [0.1, 0.15) is 0 Å². The third-order valence-electron chi connectivity index (χ3n) is 4.08. The van der Waals surface area contributed by atoms with Gasteiger partial charge in [0.25, 0.3) is 0 Å². The van der Waals surface area contributed by atoms with Gasteiger partial charge in [-0.15, -0.1) is 5.10 Å². The second kappa shape index (κ2) is 7.53. The van der Waals surface area contributed by atoms with E-state index in [0.29, 0.717) is 17.3 Å². The van der Waals surface area contributed by atoms with Gasteiger partial charge in [-0.1, -0.05) is 51.1 Å². The molecule has 0 atom stereocenters. The van der Waals surface area contributed by atoms with Gasteiger partial charge < -0.3 is 10.6 Å². The summed E-state index contributed by atoms with van der Waals surface area (Å²) in [5.41, 5.74) is 3.53. The Kier molecular flexibility index (Phi) is 5.16. The Morgan fingerprint density at radius 3 is 2.52 bits per heavy atom. The number of hydrogen-bond acceptors (Lipinski definition) is 6. The quantitative estimate of drug-likeness (QED) is 0.632. The second-order valence-corrected chi connectivity index (χ2v) is 7.35. The summed E-state index contributed by atoms with van der Waals surface area (Å²) in [5, 5.41) is 14.5. The Balaban J connectivity index is 1.83. The minimum atomic E-state index is -0.00172. The van der Waals surface area contributed by atoms with Crippen LogP contribution in [0.15, 0.2) is 54.7 Å². The van der Waals surface area contributed by atoms with Crippen molar-refractivity contribution in [1.82, 2.24) is 15.2 Å². The molecule has 0 radical (unpaired) electrons. The average Bonchev–Trinajstić information content (AvgIpc) is 2.62. The van der Waals surface area contributed by atoms with Gasteiger partial charge in [-0.2, -0.15) is 10.1 Å². The van der Waals surface area contributed by atoms with E-state index in [-0.39, 0.29) is 11.2 Å². The number of hydrogen-bond donors (Lipinski definition) is 2. The fourth-order valence-electron chi connectivity index (χ4n) is 2.75. The number of para-hydroxylation sites is 1. The van der Waals surface area contributed by atoms with Gasteiger partial charge in [0.15, 0.2) is 11.6 Å². The normalized spacial score (nSPS) is 11.1. The van der Waals surface area contributed by atoms with Crippen molar-refractivity contribution in [2.45, 2.75) is 33.1 Å². The maximum atomic E-state index is 11.5. The molecule has 138 valence electrons. The molecular formula is C21H23N5O. The molecule has 27 heavy (non-hydrogen) atoms. The van der Waals surface area contributed by atoms with E-state index in [4.69, 9.17) is 0 Å². The number of benzene rings is 2. The summed E-state index contributed by atoms with van der Waals surface area (Å²) < 4.78 is 0. The molecule has 1 aromatic heterocycles. The van der Waals surface area contributed by atoms with Gasteiger partial charge in [0.2, 0.25) is 5.95 Å². The van der Waals surface area contributed by atoms with E-state index in [1.54, 1.807) is 18.3 Å². The molecule has 1 heterocycles. The van der Waals surface area contributed by atoms with Crippen LogP contribution in [0, 0.1) is 0 Å². The van der Waals surface area contributed by atoms with Crippen LogP contribution in [-0.2, 0) is 5.41 Å². The Bertz CT molecular complexity index is 963. The molecule has 0 aliphatic heterocycles. The van der Waals surface area contributed by atoms with Crippen molar-refractivity contribution in [3.8, 4) is 0 Å². The molecule has 0 aliphatic carbocycles. The number of Topliss-reactive ketones (excluding diaryl/α,β-unsaturated/α-hetero) is 1. The largest absolute Gasteiger partial charge is 0.339 e. The van der Waals surface area contributed by atoms with Gasteiger partial charge in [-0.25, -0.2) is 0 Å². The van der Waals surface area contributed by atoms with E-state index >= 15 is 0 Å². The van der Waals surface area contributed by atoms with Gasteiger partial charge in [0, 0.05) is 16.9 Å². The van der Waals surface area contributed by atoms with Crippen molar-refractivity contribution < 1.29 is 4.79 Å². The average molecular weight is 361 g/mol. The van der Waals surface area contributed by atoms with Crippen LogP contribution in [0.2, 0.25) is 0 Å². The van der Waals surface area contributed by atoms with E-state index in [0.717, 1.165) is 11.4 Å². The first-order valence-electron chi connectivity index (χ1n) is 8.77. The monoisotopic (exact) mass is 361 g/mol. The van der Waals surface area contributed by atoms with Gasteiger partial charge in [-0.05, 0) is 36.1 Å². The number of aromatic nitrogens is 3. The summed E-state index contributed by atoms with van der Waals surface area (Å²) in [5.74, 6) is 0.952. The molecule has 2 N–H and O–H groups in total. The van der Waals surface area contributed by atoms with E-state index in [2.05, 4.69) is 52.7 Å². The number of rotatable bonds is 5. The van der Waals surface area contributed by atoms with Crippen molar-refractivity contribution in [3.63, 3.8) is 0 Å². The predicted octanol–water partition coefficient (Wildman–Crippen LogP) is 4.86. The number of ketones is 1. The lowest BCUT2D eigenvalue weighted by Crippen LogP contribution is -2.14. The zero-order chi connectivity index (χ0) is 19.4. The molecule has 0 spiro atoms. The van der Waals surface area contributed by atoms with Crippen LogP contribution in [-0.4, -0.2) is 21.0 Å². The maximum absolute atomic E-state index is 11.5. The Morgan fingerprint density at radius 2 is 1.78 bits per heavy atom. The van der Waals surface area contributed by atoms with Crippen LogP contribution in [0.1, 0.15) is 43.6 Å². The van der Waals surface area contributed by atoms with Crippen LogP contribution >= 0.6 is 0 Å². The highest BCUT2D eigenvalue weighted by Crippen LogP contribution is 2.30. The third kappa shape index (κ3) is 4.67. The molecule has 0 fully saturated rings. The van der Waals surface area contributed by atoms with Crippen LogP contribution in [0.3, 0.4) is 0 Å². The molecule has 0 amide bonds. The molecule has 0 saturated carbocycles. The fourth-order valence-corrected chi connectivity index (χ4v) is 2.75. The summed E-state index contributed by atoms with van der Waals surface area (Å²) >= 11 is 0. The van der Waals surface area contributed by atoms with Crippen molar-refractivity contribution in [2.24, 2.45) is 0 Å². The van der Waals surface area contributed by atoms with Crippen LogP contribution < -0.4 is 10.6 Å².